The van der Waals surface area contributed by atoms with Crippen LogP contribution in [0, 0.1) is 0 Å². The van der Waals surface area contributed by atoms with Gasteiger partial charge in [-0.15, -0.1) is 0 Å². The van der Waals surface area contributed by atoms with Crippen LogP contribution in [0.4, 0.5) is 0 Å². The van der Waals surface area contributed by atoms with Gasteiger partial charge in [-0.1, -0.05) is 121 Å². The summed E-state index contributed by atoms with van der Waals surface area (Å²) in [6.07, 6.45) is 0. The first kappa shape index (κ1) is 27.9. The van der Waals surface area contributed by atoms with E-state index in [4.69, 9.17) is 0 Å². The molecule has 0 saturated heterocycles. The van der Waals surface area contributed by atoms with Crippen molar-refractivity contribution in [1.82, 2.24) is 0 Å². The van der Waals surface area contributed by atoms with E-state index in [9.17, 15) is 17.2 Å². The fourth-order valence-corrected chi connectivity index (χ4v) is 7.73. The number of benzene rings is 6. The highest BCUT2D eigenvalue weighted by molar-refractivity contribution is 7.90. The summed E-state index contributed by atoms with van der Waals surface area (Å²) in [5.41, 5.74) is 2.36. The number of hydrogen-bond acceptors (Lipinski definition) is 4. The van der Waals surface area contributed by atoms with Crippen LogP contribution in [0.2, 0.25) is 0 Å². The maximum absolute atomic E-state index is 13.9. The molecule has 0 spiro atoms. The summed E-state index contributed by atoms with van der Waals surface area (Å²) in [5.74, 6) is -0.741. The van der Waals surface area contributed by atoms with Crippen molar-refractivity contribution in [2.75, 3.05) is 0 Å². The minimum atomic E-state index is -4.16. The van der Waals surface area contributed by atoms with Crippen LogP contribution >= 0.6 is 0 Å². The molecule has 0 bridgehead atoms. The Balaban J connectivity index is 1.45. The highest BCUT2D eigenvalue weighted by Crippen LogP contribution is 2.47. The van der Waals surface area contributed by atoms with Crippen molar-refractivity contribution in [2.45, 2.75) is 15.7 Å². The molecule has 2 unspecified atom stereocenters. The topological polar surface area (TPSA) is 96.2 Å². The molecule has 216 valence electrons. The highest BCUT2D eigenvalue weighted by Gasteiger charge is 2.41. The first-order valence-electron chi connectivity index (χ1n) is 14.0. The van der Waals surface area contributed by atoms with E-state index in [1.165, 1.54) is 0 Å². The molecule has 1 aliphatic carbocycles. The summed E-state index contributed by atoms with van der Waals surface area (Å²) in [7, 11) is -8.08. The van der Waals surface area contributed by atoms with Crippen LogP contribution in [-0.2, 0) is 20.0 Å². The van der Waals surface area contributed by atoms with Crippen molar-refractivity contribution in [3.63, 3.8) is 0 Å². The lowest BCUT2D eigenvalue weighted by Crippen LogP contribution is -2.30. The van der Waals surface area contributed by atoms with Crippen molar-refractivity contribution in [3.8, 4) is 0 Å². The first-order valence-corrected chi connectivity index (χ1v) is 16.9. The lowest BCUT2D eigenvalue weighted by atomic mass is 9.73. The van der Waals surface area contributed by atoms with Gasteiger partial charge in [0.15, 0.2) is 10.0 Å². The van der Waals surface area contributed by atoms with Crippen LogP contribution in [0.5, 0.6) is 0 Å². The predicted octanol–water partition coefficient (Wildman–Crippen LogP) is 8.33. The third-order valence-electron chi connectivity index (χ3n) is 7.74. The predicted molar refractivity (Wildman–Crippen MR) is 177 cm³/mol. The molecule has 0 fully saturated rings. The Hall–Kier alpha value is -4.89. The lowest BCUT2D eigenvalue weighted by molar-refractivity contribution is 0.550. The Morgan fingerprint density at radius 2 is 1.05 bits per heavy atom. The van der Waals surface area contributed by atoms with E-state index < -0.39 is 26.0 Å². The number of hydrogen-bond donors (Lipinski definition) is 1. The summed E-state index contributed by atoms with van der Waals surface area (Å²) in [5, 5.41) is 3.46. The average Bonchev–Trinajstić information content (AvgIpc) is 3.04. The maximum atomic E-state index is 13.9. The molecule has 0 aliphatic heterocycles. The molecular weight excluding hydrogens is 589 g/mol. The van der Waals surface area contributed by atoms with Gasteiger partial charge in [0.1, 0.15) is 0 Å². The van der Waals surface area contributed by atoms with Crippen LogP contribution in [0.1, 0.15) is 17.0 Å². The van der Waals surface area contributed by atoms with Gasteiger partial charge in [-0.2, -0.15) is 17.2 Å². The second-order valence-corrected chi connectivity index (χ2v) is 13.8. The van der Waals surface area contributed by atoms with Crippen LogP contribution in [0.3, 0.4) is 0 Å². The monoisotopic (exact) mass is 614 g/mol. The zero-order chi connectivity index (χ0) is 30.3. The van der Waals surface area contributed by atoms with Crippen molar-refractivity contribution in [2.24, 2.45) is 8.76 Å². The fraction of sp³-hybridized carbons (Fsp3) is 0.0278. The second-order valence-electron chi connectivity index (χ2n) is 10.5. The Labute approximate surface area is 256 Å². The van der Waals surface area contributed by atoms with Crippen LogP contribution in [0.15, 0.2) is 170 Å². The third kappa shape index (κ3) is 5.13. The van der Waals surface area contributed by atoms with Crippen molar-refractivity contribution in [1.29, 1.82) is 0 Å². The zero-order valence-electron chi connectivity index (χ0n) is 23.3. The molecular formula is C36H26N2O4S2. The van der Waals surface area contributed by atoms with E-state index in [2.05, 4.69) is 8.76 Å². The van der Waals surface area contributed by atoms with Gasteiger partial charge in [0, 0.05) is 5.57 Å². The molecule has 1 aliphatic rings. The minimum Gasteiger partial charge on any atom is -0.296 e. The summed E-state index contributed by atoms with van der Waals surface area (Å²) in [4.78, 5) is 0.229. The number of allylic oxidation sites excluding steroid dienone is 2. The van der Waals surface area contributed by atoms with Gasteiger partial charge in [0.25, 0.3) is 10.0 Å². The molecule has 0 radical (unpaired) electrons. The maximum Gasteiger partial charge on any atom is 0.282 e. The van der Waals surface area contributed by atoms with Gasteiger partial charge in [0.2, 0.25) is 0 Å². The molecule has 0 saturated carbocycles. The number of fused-ring (bicyclic) bond motifs is 2. The highest BCUT2D eigenvalue weighted by atomic mass is 32.2. The molecule has 1 N–H and O–H groups in total. The Morgan fingerprint density at radius 1 is 0.545 bits per heavy atom. The Morgan fingerprint density at radius 3 is 1.66 bits per heavy atom. The zero-order valence-corrected chi connectivity index (χ0v) is 24.9. The number of nitrogens with zero attached hydrogens (tertiary/aromatic N) is 2. The quantitative estimate of drug-likeness (QED) is 0.204. The Bertz CT molecular complexity index is 2360. The van der Waals surface area contributed by atoms with Crippen LogP contribution < -0.4 is 0 Å². The van der Waals surface area contributed by atoms with Crippen molar-refractivity contribution >= 4 is 52.9 Å². The molecule has 2 atom stereocenters. The second kappa shape index (κ2) is 11.0. The van der Waals surface area contributed by atoms with Crippen LogP contribution in [0.25, 0.3) is 27.1 Å². The largest absolute Gasteiger partial charge is 0.296 e. The molecule has 6 aromatic carbocycles. The number of rotatable bonds is 6. The van der Waals surface area contributed by atoms with Gasteiger partial charge in [-0.25, -0.2) is 4.21 Å². The molecule has 6 nitrogen and oxygen atoms in total. The van der Waals surface area contributed by atoms with E-state index in [0.29, 0.717) is 22.4 Å². The smallest absolute Gasteiger partial charge is 0.282 e. The van der Waals surface area contributed by atoms with Gasteiger partial charge < -0.3 is 0 Å². The summed E-state index contributed by atoms with van der Waals surface area (Å²) in [6.45, 7) is 0. The van der Waals surface area contributed by atoms with Gasteiger partial charge in [-0.3, -0.25) is 4.55 Å². The standard InChI is InChI=1S/C36H26N2O4S2/c39-43(40,31-21-19-25-11-7-9-17-29(25)23-31)37-35-33(27-13-3-1-4-14-27)36(34(35)28-15-5-2-6-16-28)38-44(41,42)32-22-20-26-12-8-10-18-30(26)24-32/h1-24,33H,(H,37,39,40)/b38-36+. The van der Waals surface area contributed by atoms with Gasteiger partial charge in [0.05, 0.1) is 27.1 Å². The van der Waals surface area contributed by atoms with Crippen molar-refractivity contribution in [3.05, 3.63) is 162 Å². The summed E-state index contributed by atoms with van der Waals surface area (Å²) in [6, 6.07) is 43.4. The molecule has 44 heavy (non-hydrogen) atoms. The van der Waals surface area contributed by atoms with Gasteiger partial charge >= 0.3 is 0 Å². The summed E-state index contributed by atoms with van der Waals surface area (Å²) >= 11 is 0. The van der Waals surface area contributed by atoms with Gasteiger partial charge in [-0.05, 0) is 56.9 Å². The molecule has 0 heterocycles. The van der Waals surface area contributed by atoms with E-state index in [1.54, 1.807) is 36.4 Å². The average molecular weight is 615 g/mol. The molecule has 7 rings (SSSR count). The normalized spacial score (nSPS) is 17.4. The van der Waals surface area contributed by atoms with E-state index in [1.807, 2.05) is 109 Å². The molecule has 0 amide bonds. The van der Waals surface area contributed by atoms with E-state index in [0.717, 1.165) is 21.5 Å². The first-order chi connectivity index (χ1) is 21.3. The lowest BCUT2D eigenvalue weighted by Gasteiger charge is -2.33. The Kier molecular flexibility index (Phi) is 6.97. The van der Waals surface area contributed by atoms with Crippen LogP contribution in [-0.4, -0.2) is 22.9 Å². The summed E-state index contributed by atoms with van der Waals surface area (Å²) < 4.78 is 61.8. The number of sulfonamides is 1. The van der Waals surface area contributed by atoms with Crippen molar-refractivity contribution < 1.29 is 17.2 Å². The molecule has 8 heteroatoms. The molecule has 0 aromatic heterocycles. The van der Waals surface area contributed by atoms with E-state index >= 15 is 0 Å². The third-order valence-corrected chi connectivity index (χ3v) is 10.3. The molecule has 6 aromatic rings. The SMILES string of the molecule is O=S(=O)(/N=C1/C(c2ccccc2)=C(N=S(=O)(O)c2ccc3ccccc3c2)C1c1ccccc1)c1ccc2ccccc2c1. The fourth-order valence-electron chi connectivity index (χ4n) is 5.56. The minimum absolute atomic E-state index is 0.0652. The van der Waals surface area contributed by atoms with E-state index in [-0.39, 0.29) is 15.5 Å².